The van der Waals surface area contributed by atoms with Crippen LogP contribution < -0.4 is 0 Å². The molecule has 0 rings (SSSR count). The lowest BCUT2D eigenvalue weighted by Gasteiger charge is -2.40. The molecule has 0 unspecified atom stereocenters. The molecule has 0 aliphatic rings. The van der Waals surface area contributed by atoms with Crippen LogP contribution in [0.3, 0.4) is 0 Å². The van der Waals surface area contributed by atoms with Crippen LogP contribution in [0, 0.1) is 11.8 Å². The number of allylic oxidation sites excluding steroid dienone is 2. The Morgan fingerprint density at radius 2 is 1.41 bits per heavy atom. The van der Waals surface area contributed by atoms with Crippen molar-refractivity contribution in [3.63, 3.8) is 0 Å². The van der Waals surface area contributed by atoms with Gasteiger partial charge in [0.15, 0.2) is 16.6 Å². The average molecular weight is 579 g/mol. The molecule has 222 valence electrons. The summed E-state index contributed by atoms with van der Waals surface area (Å²) in [5.74, 6) is 5.33. The fourth-order valence-electron chi connectivity index (χ4n) is 2.86. The largest absolute Gasteiger partial charge is 0.461 e. The maximum Gasteiger partial charge on any atom is 0.303 e. The Labute approximate surface area is 240 Å². The quantitative estimate of drug-likeness (QED) is 0.102. The zero-order chi connectivity index (χ0) is 30.8. The van der Waals surface area contributed by atoms with E-state index >= 15 is 0 Å². The Morgan fingerprint density at radius 1 is 0.872 bits per heavy atom. The van der Waals surface area contributed by atoms with Gasteiger partial charge in [-0.15, -0.1) is 0 Å². The van der Waals surface area contributed by atoms with Gasteiger partial charge in [0.25, 0.3) is 0 Å². The number of rotatable bonds is 12. The lowest BCUT2D eigenvalue weighted by atomic mass is 9.99. The smallest absolute Gasteiger partial charge is 0.303 e. The van der Waals surface area contributed by atoms with E-state index in [1.807, 2.05) is 26.0 Å². The summed E-state index contributed by atoms with van der Waals surface area (Å²) in [7, 11) is -4.28. The molecule has 0 saturated carbocycles. The van der Waals surface area contributed by atoms with Gasteiger partial charge in [-0.05, 0) is 56.2 Å². The number of hydrogen-bond acceptors (Lipinski definition) is 6. The second kappa shape index (κ2) is 15.2. The number of hydrogen-bond donors (Lipinski definition) is 0. The number of esters is 2. The molecule has 0 amide bonds. The highest BCUT2D eigenvalue weighted by Gasteiger charge is 2.41. The van der Waals surface area contributed by atoms with Gasteiger partial charge in [0.2, 0.25) is 0 Å². The van der Waals surface area contributed by atoms with Gasteiger partial charge in [0.05, 0.1) is 12.7 Å². The monoisotopic (exact) mass is 578 g/mol. The Bertz CT molecular complexity index is 977. The van der Waals surface area contributed by atoms with E-state index in [0.29, 0.717) is 24.2 Å². The molecule has 0 saturated heterocycles. The Morgan fingerprint density at radius 3 is 1.85 bits per heavy atom. The number of carbonyl (C=O) groups excluding carboxylic acids is 2. The molecule has 39 heavy (non-hydrogen) atoms. The van der Waals surface area contributed by atoms with Crippen LogP contribution in [0.4, 0.5) is 0 Å². The predicted molar refractivity (Wildman–Crippen MR) is 166 cm³/mol. The van der Waals surface area contributed by atoms with Crippen molar-refractivity contribution in [3.05, 3.63) is 35.5 Å². The molecule has 0 aromatic rings. The first-order valence-corrected chi connectivity index (χ1v) is 19.5. The van der Waals surface area contributed by atoms with E-state index in [4.69, 9.17) is 18.3 Å². The highest BCUT2D eigenvalue weighted by atomic mass is 28.4. The first-order valence-electron chi connectivity index (χ1n) is 13.6. The van der Waals surface area contributed by atoms with Crippen LogP contribution in [0.2, 0.25) is 36.3 Å². The van der Waals surface area contributed by atoms with E-state index in [-0.39, 0.29) is 16.7 Å². The van der Waals surface area contributed by atoms with Crippen LogP contribution >= 0.6 is 0 Å². The van der Waals surface area contributed by atoms with Gasteiger partial charge >= 0.3 is 11.9 Å². The van der Waals surface area contributed by atoms with E-state index in [2.05, 4.69) is 86.2 Å². The fourth-order valence-corrected chi connectivity index (χ4v) is 5.10. The summed E-state index contributed by atoms with van der Waals surface area (Å²) in [4.78, 5) is 24.0. The molecule has 0 radical (unpaired) electrons. The minimum Gasteiger partial charge on any atom is -0.461 e. The third-order valence-electron chi connectivity index (χ3n) is 7.41. The van der Waals surface area contributed by atoms with Crippen molar-refractivity contribution >= 4 is 28.6 Å². The Balaban J connectivity index is 6.51. The topological polar surface area (TPSA) is 71.1 Å². The maximum atomic E-state index is 12.2. The van der Waals surface area contributed by atoms with E-state index in [9.17, 15) is 9.59 Å². The van der Waals surface area contributed by atoms with Crippen molar-refractivity contribution in [3.8, 4) is 11.8 Å². The molecule has 0 aliphatic carbocycles. The van der Waals surface area contributed by atoms with Crippen LogP contribution in [0.1, 0.15) is 75.7 Å². The van der Waals surface area contributed by atoms with Gasteiger partial charge in [-0.2, -0.15) is 0 Å². The highest BCUT2D eigenvalue weighted by Crippen LogP contribution is 2.39. The molecule has 0 bridgehead atoms. The van der Waals surface area contributed by atoms with Gasteiger partial charge in [0.1, 0.15) is 12.7 Å². The first-order chi connectivity index (χ1) is 17.5. The fraction of sp³-hybridized carbons (Fsp3) is 0.677. The second-order valence-electron chi connectivity index (χ2n) is 13.3. The zero-order valence-corrected chi connectivity index (χ0v) is 29.1. The minimum atomic E-state index is -2.25. The summed E-state index contributed by atoms with van der Waals surface area (Å²) in [6.45, 7) is 32.9. The highest BCUT2D eigenvalue weighted by molar-refractivity contribution is 6.74. The number of ether oxygens (including phenoxy) is 2. The Kier molecular flexibility index (Phi) is 14.4. The molecular formula is C31H54O6Si2. The Hall–Kier alpha value is -1.93. The summed E-state index contributed by atoms with van der Waals surface area (Å²) >= 11 is 0. The van der Waals surface area contributed by atoms with Crippen molar-refractivity contribution in [2.75, 3.05) is 13.2 Å². The summed E-state index contributed by atoms with van der Waals surface area (Å²) < 4.78 is 24.3. The van der Waals surface area contributed by atoms with Gasteiger partial charge in [0, 0.05) is 31.4 Å². The summed E-state index contributed by atoms with van der Waals surface area (Å²) in [5, 5.41) is -0.0147. The van der Waals surface area contributed by atoms with Gasteiger partial charge in [-0.25, -0.2) is 0 Å². The lowest BCUT2D eigenvalue weighted by molar-refractivity contribution is -0.146. The van der Waals surface area contributed by atoms with Crippen LogP contribution in [0.25, 0.3) is 0 Å². The van der Waals surface area contributed by atoms with E-state index in [0.717, 1.165) is 5.57 Å². The normalized spacial score (nSPS) is 14.5. The van der Waals surface area contributed by atoms with Crippen LogP contribution in [-0.2, 0) is 27.9 Å². The summed E-state index contributed by atoms with van der Waals surface area (Å²) in [5.41, 5.74) is 2.34. The molecular weight excluding hydrogens is 525 g/mol. The SMILES string of the molecule is C=C(C#CC=C(C)C)[C@H](C[C@H](OC(C)=O)/C(=C/CO[Si](C)(C)C(C)(C)C)COC(C)=O)O[Si](C)(C)C(C)(C)C. The van der Waals surface area contributed by atoms with Crippen LogP contribution in [0.15, 0.2) is 35.5 Å². The second-order valence-corrected chi connectivity index (χ2v) is 22.9. The standard InChI is InChI=1S/C31H54O6Si2/c1-23(2)17-16-18-24(3)28(37-39(14,15)31(9,10)11)21-29(36-26(5)33)27(22-34-25(4)32)19-20-35-38(12,13)30(6,7)8/h17,19,28-29H,3,20-22H2,1-2,4-15H3/b27-19+/t28-,29-/m0/s1. The van der Waals surface area contributed by atoms with E-state index in [1.165, 1.54) is 13.8 Å². The number of carbonyl (C=O) groups is 2. The summed E-state index contributed by atoms with van der Waals surface area (Å²) in [6, 6.07) is 0. The van der Waals surface area contributed by atoms with Crippen molar-refractivity contribution in [1.29, 1.82) is 0 Å². The molecule has 0 fully saturated rings. The van der Waals surface area contributed by atoms with E-state index < -0.39 is 40.8 Å². The first kappa shape index (κ1) is 37.1. The van der Waals surface area contributed by atoms with Crippen molar-refractivity contribution < 1.29 is 27.9 Å². The molecule has 0 spiro atoms. The van der Waals surface area contributed by atoms with Crippen molar-refractivity contribution in [2.24, 2.45) is 0 Å². The third-order valence-corrected chi connectivity index (χ3v) is 16.4. The lowest BCUT2D eigenvalue weighted by Crippen LogP contribution is -2.45. The average Bonchev–Trinajstić information content (AvgIpc) is 2.72. The molecule has 0 N–H and O–H groups in total. The van der Waals surface area contributed by atoms with Crippen LogP contribution in [0.5, 0.6) is 0 Å². The summed E-state index contributed by atoms with van der Waals surface area (Å²) in [6.07, 6.45) is 2.80. The molecule has 2 atom stereocenters. The predicted octanol–water partition coefficient (Wildman–Crippen LogP) is 7.74. The van der Waals surface area contributed by atoms with Crippen molar-refractivity contribution in [1.82, 2.24) is 0 Å². The zero-order valence-electron chi connectivity index (χ0n) is 27.1. The van der Waals surface area contributed by atoms with Crippen molar-refractivity contribution in [2.45, 2.75) is 124 Å². The third kappa shape index (κ3) is 13.8. The molecule has 8 heteroatoms. The molecule has 0 aliphatic heterocycles. The minimum absolute atomic E-state index is 0.0170. The van der Waals surface area contributed by atoms with Crippen LogP contribution in [-0.4, -0.2) is 54.0 Å². The van der Waals surface area contributed by atoms with Gasteiger partial charge < -0.3 is 18.3 Å². The molecule has 0 heterocycles. The molecule has 0 aromatic carbocycles. The van der Waals surface area contributed by atoms with Gasteiger partial charge in [-0.1, -0.05) is 71.6 Å². The van der Waals surface area contributed by atoms with E-state index in [1.54, 1.807) is 0 Å². The van der Waals surface area contributed by atoms with Gasteiger partial charge in [-0.3, -0.25) is 9.59 Å². The maximum absolute atomic E-state index is 12.2. The molecule has 6 nitrogen and oxygen atoms in total. The molecule has 0 aromatic heterocycles.